The van der Waals surface area contributed by atoms with Crippen LogP contribution in [0.2, 0.25) is 0 Å². The summed E-state index contributed by atoms with van der Waals surface area (Å²) in [6.07, 6.45) is 2.42. The first-order valence-corrected chi connectivity index (χ1v) is 10.6. The fourth-order valence-electron chi connectivity index (χ4n) is 3.61. The molecule has 0 aromatic heterocycles. The van der Waals surface area contributed by atoms with Gasteiger partial charge in [-0.15, -0.1) is 0 Å². The molecule has 6 heteroatoms. The molecule has 0 bridgehead atoms. The smallest absolute Gasteiger partial charge is 0.235 e. The van der Waals surface area contributed by atoms with Gasteiger partial charge >= 0.3 is 0 Å². The number of nitrogens with one attached hydrogen (secondary N) is 1. The predicted octanol–water partition coefficient (Wildman–Crippen LogP) is 3.36. The molecule has 2 atom stereocenters. The standard InChI is InChI=1S/C20H22N2O3S/c23-20(19-14-18(19)15-7-2-1-3-8-15)21-16-9-6-10-17(13-16)22-11-4-5-12-26(22,24)25/h1-3,6-10,13,18-19H,4-5,11-12,14H2,(H,21,23). The van der Waals surface area contributed by atoms with Crippen LogP contribution in [0.1, 0.15) is 30.7 Å². The van der Waals surface area contributed by atoms with Crippen LogP contribution in [-0.2, 0) is 14.8 Å². The maximum absolute atomic E-state index is 12.5. The molecular formula is C20H22N2O3S. The number of carbonyl (C=O) groups is 1. The Labute approximate surface area is 154 Å². The van der Waals surface area contributed by atoms with Gasteiger partial charge in [-0.25, -0.2) is 8.42 Å². The molecule has 2 aromatic carbocycles. The quantitative estimate of drug-likeness (QED) is 0.897. The Morgan fingerprint density at radius 3 is 2.62 bits per heavy atom. The Morgan fingerprint density at radius 2 is 1.85 bits per heavy atom. The zero-order valence-corrected chi connectivity index (χ0v) is 15.3. The van der Waals surface area contributed by atoms with Crippen molar-refractivity contribution in [3.8, 4) is 0 Å². The molecule has 1 aliphatic heterocycles. The highest BCUT2D eigenvalue weighted by Gasteiger charge is 2.43. The van der Waals surface area contributed by atoms with E-state index in [1.807, 2.05) is 18.2 Å². The van der Waals surface area contributed by atoms with Crippen LogP contribution in [0, 0.1) is 5.92 Å². The van der Waals surface area contributed by atoms with Gasteiger partial charge in [-0.1, -0.05) is 36.4 Å². The van der Waals surface area contributed by atoms with E-state index < -0.39 is 10.0 Å². The van der Waals surface area contributed by atoms with Crippen molar-refractivity contribution < 1.29 is 13.2 Å². The zero-order valence-electron chi connectivity index (χ0n) is 14.5. The number of hydrogen-bond donors (Lipinski definition) is 1. The highest BCUT2D eigenvalue weighted by Crippen LogP contribution is 2.47. The molecule has 1 saturated carbocycles. The highest BCUT2D eigenvalue weighted by atomic mass is 32.2. The molecule has 1 aliphatic carbocycles. The van der Waals surface area contributed by atoms with Gasteiger partial charge in [0, 0.05) is 18.2 Å². The Balaban J connectivity index is 1.45. The first-order valence-electron chi connectivity index (χ1n) is 9.01. The lowest BCUT2D eigenvalue weighted by Gasteiger charge is -2.28. The number of hydrogen-bond acceptors (Lipinski definition) is 3. The summed E-state index contributed by atoms with van der Waals surface area (Å²) >= 11 is 0. The molecule has 2 fully saturated rings. The summed E-state index contributed by atoms with van der Waals surface area (Å²) in [6, 6.07) is 17.2. The van der Waals surface area contributed by atoms with E-state index >= 15 is 0 Å². The van der Waals surface area contributed by atoms with Gasteiger partial charge in [-0.3, -0.25) is 9.10 Å². The molecule has 5 nitrogen and oxygen atoms in total. The fourth-order valence-corrected chi connectivity index (χ4v) is 5.24. The molecule has 1 saturated heterocycles. The molecule has 0 spiro atoms. The number of nitrogens with zero attached hydrogens (tertiary/aromatic N) is 1. The summed E-state index contributed by atoms with van der Waals surface area (Å²) < 4.78 is 26.0. The Hall–Kier alpha value is -2.34. The van der Waals surface area contributed by atoms with E-state index in [0.717, 1.165) is 12.8 Å². The number of anilines is 2. The molecule has 2 aromatic rings. The summed E-state index contributed by atoms with van der Waals surface area (Å²) in [7, 11) is -3.25. The van der Waals surface area contributed by atoms with Crippen LogP contribution >= 0.6 is 0 Å². The average molecular weight is 370 g/mol. The van der Waals surface area contributed by atoms with Gasteiger partial charge in [0.2, 0.25) is 15.9 Å². The summed E-state index contributed by atoms with van der Waals surface area (Å²) in [5.74, 6) is 0.448. The van der Waals surface area contributed by atoms with Crippen molar-refractivity contribution in [2.75, 3.05) is 21.9 Å². The second-order valence-corrected chi connectivity index (χ2v) is 9.01. The number of carbonyl (C=O) groups excluding carboxylic acids is 1. The van der Waals surface area contributed by atoms with E-state index in [9.17, 15) is 13.2 Å². The zero-order chi connectivity index (χ0) is 18.1. The topological polar surface area (TPSA) is 66.5 Å². The van der Waals surface area contributed by atoms with Crippen molar-refractivity contribution in [3.63, 3.8) is 0 Å². The number of amides is 1. The van der Waals surface area contributed by atoms with E-state index in [1.165, 1.54) is 9.87 Å². The summed E-state index contributed by atoms with van der Waals surface area (Å²) in [4.78, 5) is 12.5. The molecule has 1 amide bonds. The molecule has 136 valence electrons. The van der Waals surface area contributed by atoms with Gasteiger partial charge in [0.15, 0.2) is 0 Å². The van der Waals surface area contributed by atoms with Gasteiger partial charge in [0.25, 0.3) is 0 Å². The third kappa shape index (κ3) is 3.46. The van der Waals surface area contributed by atoms with E-state index in [-0.39, 0.29) is 23.5 Å². The molecule has 1 N–H and O–H groups in total. The Morgan fingerprint density at radius 1 is 1.04 bits per heavy atom. The highest BCUT2D eigenvalue weighted by molar-refractivity contribution is 7.92. The second kappa shape index (κ2) is 6.76. The van der Waals surface area contributed by atoms with Gasteiger partial charge in [-0.2, -0.15) is 0 Å². The monoisotopic (exact) mass is 370 g/mol. The predicted molar refractivity (Wildman–Crippen MR) is 103 cm³/mol. The first-order chi connectivity index (χ1) is 12.5. The largest absolute Gasteiger partial charge is 0.326 e. The van der Waals surface area contributed by atoms with Gasteiger partial charge in [0.05, 0.1) is 11.4 Å². The average Bonchev–Trinajstić information content (AvgIpc) is 3.43. The fraction of sp³-hybridized carbons (Fsp3) is 0.350. The van der Waals surface area contributed by atoms with Gasteiger partial charge < -0.3 is 5.32 Å². The van der Waals surface area contributed by atoms with Crippen molar-refractivity contribution in [1.82, 2.24) is 0 Å². The van der Waals surface area contributed by atoms with Crippen molar-refractivity contribution in [2.24, 2.45) is 5.92 Å². The molecule has 2 aliphatic rings. The SMILES string of the molecule is O=C(Nc1cccc(N2CCCCS2(=O)=O)c1)C1CC1c1ccccc1. The lowest BCUT2D eigenvalue weighted by Crippen LogP contribution is -2.37. The maximum Gasteiger partial charge on any atom is 0.235 e. The van der Waals surface area contributed by atoms with Gasteiger partial charge in [0.1, 0.15) is 0 Å². The van der Waals surface area contributed by atoms with Crippen LogP contribution in [0.15, 0.2) is 54.6 Å². The first kappa shape index (κ1) is 17.1. The minimum absolute atomic E-state index is 0.00231. The van der Waals surface area contributed by atoms with Crippen LogP contribution in [0.5, 0.6) is 0 Å². The number of sulfonamides is 1. The van der Waals surface area contributed by atoms with Crippen molar-refractivity contribution in [3.05, 3.63) is 60.2 Å². The summed E-state index contributed by atoms with van der Waals surface area (Å²) in [6.45, 7) is 0.498. The lowest BCUT2D eigenvalue weighted by molar-refractivity contribution is -0.117. The molecule has 1 heterocycles. The summed E-state index contributed by atoms with van der Waals surface area (Å²) in [5.41, 5.74) is 2.46. The second-order valence-electron chi connectivity index (χ2n) is 6.99. The molecular weight excluding hydrogens is 348 g/mol. The molecule has 4 rings (SSSR count). The lowest BCUT2D eigenvalue weighted by atomic mass is 10.1. The van der Waals surface area contributed by atoms with Crippen molar-refractivity contribution >= 4 is 27.3 Å². The normalized spacial score (nSPS) is 24.1. The minimum atomic E-state index is -3.25. The third-order valence-electron chi connectivity index (χ3n) is 5.11. The molecule has 2 unspecified atom stereocenters. The molecule has 26 heavy (non-hydrogen) atoms. The van der Waals surface area contributed by atoms with Crippen LogP contribution in [0.3, 0.4) is 0 Å². The van der Waals surface area contributed by atoms with Crippen LogP contribution < -0.4 is 9.62 Å². The Bertz CT molecular complexity index is 912. The van der Waals surface area contributed by atoms with Crippen LogP contribution in [-0.4, -0.2) is 26.6 Å². The summed E-state index contributed by atoms with van der Waals surface area (Å²) in [5, 5.41) is 2.95. The minimum Gasteiger partial charge on any atom is -0.326 e. The van der Waals surface area contributed by atoms with E-state index in [0.29, 0.717) is 24.3 Å². The van der Waals surface area contributed by atoms with Crippen LogP contribution in [0.25, 0.3) is 0 Å². The van der Waals surface area contributed by atoms with Crippen molar-refractivity contribution in [2.45, 2.75) is 25.2 Å². The van der Waals surface area contributed by atoms with Crippen LogP contribution in [0.4, 0.5) is 11.4 Å². The van der Waals surface area contributed by atoms with E-state index in [1.54, 1.807) is 24.3 Å². The van der Waals surface area contributed by atoms with Gasteiger partial charge in [-0.05, 0) is 48.9 Å². The third-order valence-corrected chi connectivity index (χ3v) is 6.98. The van der Waals surface area contributed by atoms with E-state index in [2.05, 4.69) is 17.4 Å². The van der Waals surface area contributed by atoms with Crippen molar-refractivity contribution in [1.29, 1.82) is 0 Å². The Kier molecular flexibility index (Phi) is 4.44. The number of rotatable bonds is 4. The van der Waals surface area contributed by atoms with E-state index in [4.69, 9.17) is 0 Å². The maximum atomic E-state index is 12.5. The number of benzene rings is 2. The molecule has 0 radical (unpaired) electrons.